The molecule has 0 unspecified atom stereocenters. The number of hydrogen-bond acceptors (Lipinski definition) is 4. The van der Waals surface area contributed by atoms with Crippen LogP contribution in [-0.4, -0.2) is 38.4 Å². The summed E-state index contributed by atoms with van der Waals surface area (Å²) < 4.78 is 0. The van der Waals surface area contributed by atoms with Crippen molar-refractivity contribution in [3.8, 4) is 5.75 Å². The summed E-state index contributed by atoms with van der Waals surface area (Å²) in [5.41, 5.74) is 0.302. The van der Waals surface area contributed by atoms with Crippen LogP contribution in [-0.2, 0) is 11.2 Å². The molecule has 0 radical (unpaired) electrons. The van der Waals surface area contributed by atoms with Gasteiger partial charge in [-0.15, -0.1) is 0 Å². The van der Waals surface area contributed by atoms with E-state index in [4.69, 9.17) is 0 Å². The smallest absolute Gasteiger partial charge is 0.220 e. The molecule has 1 heterocycles. The lowest BCUT2D eigenvalue weighted by Crippen LogP contribution is -2.62. The molecule has 5 nitrogen and oxygen atoms in total. The molecule has 1 saturated heterocycles. The zero-order valence-corrected chi connectivity index (χ0v) is 14.5. The molecule has 1 aliphatic rings. The van der Waals surface area contributed by atoms with Crippen LogP contribution >= 0.6 is 0 Å². The van der Waals surface area contributed by atoms with Crippen LogP contribution in [0, 0.1) is 0 Å². The Labute approximate surface area is 138 Å². The summed E-state index contributed by atoms with van der Waals surface area (Å²) in [7, 11) is 0. The molecule has 0 atom stereocenters. The molecule has 5 heteroatoms. The Kier molecular flexibility index (Phi) is 5.01. The molecule has 0 saturated carbocycles. The van der Waals surface area contributed by atoms with Crippen molar-refractivity contribution in [1.29, 1.82) is 0 Å². The van der Waals surface area contributed by atoms with Crippen LogP contribution in [0.15, 0.2) is 24.3 Å². The lowest BCUT2D eigenvalue weighted by atomic mass is 9.79. The number of amides is 1. The van der Waals surface area contributed by atoms with E-state index in [0.717, 1.165) is 18.4 Å². The second-order valence-electron chi connectivity index (χ2n) is 7.78. The standard InChI is InChI=1S/C18H28N2O3/c1-17(2)11-14(12-18(3,4)20(17)23)19-16(22)10-7-13-5-8-15(21)9-6-13/h5-6,8-9,14,21,23H,7,10-12H2,1-4H3,(H,19,22). The van der Waals surface area contributed by atoms with Crippen molar-refractivity contribution in [3.05, 3.63) is 29.8 Å². The van der Waals surface area contributed by atoms with Crippen molar-refractivity contribution in [1.82, 2.24) is 10.4 Å². The Bertz CT molecular complexity index is 534. The lowest BCUT2D eigenvalue weighted by molar-refractivity contribution is -0.246. The molecule has 0 aromatic heterocycles. The fraction of sp³-hybridized carbons (Fsp3) is 0.611. The van der Waals surface area contributed by atoms with Gasteiger partial charge in [0.05, 0.1) is 0 Å². The third-order valence-electron chi connectivity index (χ3n) is 4.58. The number of hydroxylamine groups is 2. The molecular formula is C18H28N2O3. The van der Waals surface area contributed by atoms with Crippen molar-refractivity contribution in [3.63, 3.8) is 0 Å². The minimum Gasteiger partial charge on any atom is -0.508 e. The largest absolute Gasteiger partial charge is 0.508 e. The van der Waals surface area contributed by atoms with Crippen LogP contribution in [0.3, 0.4) is 0 Å². The Morgan fingerprint density at radius 1 is 1.17 bits per heavy atom. The first-order valence-corrected chi connectivity index (χ1v) is 8.17. The van der Waals surface area contributed by atoms with Crippen molar-refractivity contribution in [2.24, 2.45) is 0 Å². The lowest BCUT2D eigenvalue weighted by Gasteiger charge is -2.51. The average Bonchev–Trinajstić information content (AvgIpc) is 2.43. The van der Waals surface area contributed by atoms with Gasteiger partial charge < -0.3 is 15.6 Å². The van der Waals surface area contributed by atoms with E-state index in [2.05, 4.69) is 5.32 Å². The molecule has 0 aliphatic carbocycles. The maximum Gasteiger partial charge on any atom is 0.220 e. The predicted octanol–water partition coefficient (Wildman–Crippen LogP) is 2.85. The molecule has 0 spiro atoms. The summed E-state index contributed by atoms with van der Waals surface area (Å²) in [5.74, 6) is 0.263. The number of phenols is 1. The zero-order chi connectivity index (χ0) is 17.3. The third kappa shape index (κ3) is 4.45. The fourth-order valence-corrected chi connectivity index (χ4v) is 3.59. The molecule has 0 bridgehead atoms. The molecule has 128 valence electrons. The number of aryl methyl sites for hydroxylation is 1. The van der Waals surface area contributed by atoms with E-state index >= 15 is 0 Å². The van der Waals surface area contributed by atoms with Crippen LogP contribution < -0.4 is 5.32 Å². The van der Waals surface area contributed by atoms with Gasteiger partial charge in [0.1, 0.15) is 5.75 Å². The normalized spacial score (nSPS) is 21.1. The highest BCUT2D eigenvalue weighted by molar-refractivity contribution is 5.76. The summed E-state index contributed by atoms with van der Waals surface area (Å²) in [6, 6.07) is 7.00. The van der Waals surface area contributed by atoms with Gasteiger partial charge >= 0.3 is 0 Å². The number of aromatic hydroxyl groups is 1. The third-order valence-corrected chi connectivity index (χ3v) is 4.58. The van der Waals surface area contributed by atoms with E-state index < -0.39 is 0 Å². The van der Waals surface area contributed by atoms with Gasteiger partial charge in [0.25, 0.3) is 0 Å². The highest BCUT2D eigenvalue weighted by Gasteiger charge is 2.45. The Morgan fingerprint density at radius 3 is 2.22 bits per heavy atom. The average molecular weight is 320 g/mol. The number of rotatable bonds is 4. The van der Waals surface area contributed by atoms with Crippen LogP contribution in [0.1, 0.15) is 52.5 Å². The predicted molar refractivity (Wildman–Crippen MR) is 89.4 cm³/mol. The second-order valence-corrected chi connectivity index (χ2v) is 7.78. The highest BCUT2D eigenvalue weighted by Crippen LogP contribution is 2.36. The van der Waals surface area contributed by atoms with Crippen LogP contribution in [0.2, 0.25) is 0 Å². The maximum absolute atomic E-state index is 12.2. The number of nitrogens with zero attached hydrogens (tertiary/aromatic N) is 1. The first kappa shape index (κ1) is 17.8. The first-order valence-electron chi connectivity index (χ1n) is 8.17. The number of benzene rings is 1. The van der Waals surface area contributed by atoms with E-state index in [0.29, 0.717) is 12.8 Å². The Balaban J connectivity index is 1.89. The Morgan fingerprint density at radius 2 is 1.70 bits per heavy atom. The van der Waals surface area contributed by atoms with E-state index in [-0.39, 0.29) is 28.8 Å². The summed E-state index contributed by atoms with van der Waals surface area (Å²) in [4.78, 5) is 12.2. The zero-order valence-electron chi connectivity index (χ0n) is 14.5. The van der Waals surface area contributed by atoms with Gasteiger partial charge in [-0.1, -0.05) is 12.1 Å². The van der Waals surface area contributed by atoms with E-state index in [1.165, 1.54) is 5.06 Å². The molecule has 23 heavy (non-hydrogen) atoms. The molecule has 1 aromatic carbocycles. The number of hydrogen-bond donors (Lipinski definition) is 3. The Hall–Kier alpha value is -1.59. The fourth-order valence-electron chi connectivity index (χ4n) is 3.59. The summed E-state index contributed by atoms with van der Waals surface area (Å²) in [6.45, 7) is 7.96. The van der Waals surface area contributed by atoms with Crippen LogP contribution in [0.5, 0.6) is 5.75 Å². The summed E-state index contributed by atoms with van der Waals surface area (Å²) >= 11 is 0. The highest BCUT2D eigenvalue weighted by atomic mass is 16.5. The molecule has 3 N–H and O–H groups in total. The first-order chi connectivity index (χ1) is 10.6. The number of piperidine rings is 1. The number of nitrogens with one attached hydrogen (secondary N) is 1. The van der Waals surface area contributed by atoms with Crippen LogP contribution in [0.25, 0.3) is 0 Å². The molecule has 1 fully saturated rings. The molecule has 1 amide bonds. The topological polar surface area (TPSA) is 72.8 Å². The minimum atomic E-state index is -0.364. The second kappa shape index (κ2) is 6.49. The van der Waals surface area contributed by atoms with Gasteiger partial charge in [-0.05, 0) is 64.7 Å². The summed E-state index contributed by atoms with van der Waals surface area (Å²) in [6.07, 6.45) is 2.51. The van der Waals surface area contributed by atoms with Gasteiger partial charge in [0.2, 0.25) is 5.91 Å². The molecular weight excluding hydrogens is 292 g/mol. The summed E-state index contributed by atoms with van der Waals surface area (Å²) in [5, 5.41) is 24.1. The van der Waals surface area contributed by atoms with E-state index in [1.807, 2.05) is 39.8 Å². The number of phenolic OH excluding ortho intramolecular Hbond substituents is 1. The monoisotopic (exact) mass is 320 g/mol. The van der Waals surface area contributed by atoms with Crippen molar-refractivity contribution < 1.29 is 15.1 Å². The molecule has 1 aliphatic heterocycles. The minimum absolute atomic E-state index is 0.0288. The quantitative estimate of drug-likeness (QED) is 0.797. The maximum atomic E-state index is 12.2. The van der Waals surface area contributed by atoms with Gasteiger partial charge in [-0.3, -0.25) is 4.79 Å². The van der Waals surface area contributed by atoms with E-state index in [1.54, 1.807) is 12.1 Å². The van der Waals surface area contributed by atoms with Gasteiger partial charge in [-0.25, -0.2) is 0 Å². The number of carbonyl (C=O) groups is 1. The van der Waals surface area contributed by atoms with E-state index in [9.17, 15) is 15.1 Å². The van der Waals surface area contributed by atoms with Gasteiger partial charge in [-0.2, -0.15) is 5.06 Å². The van der Waals surface area contributed by atoms with Crippen molar-refractivity contribution in [2.45, 2.75) is 70.5 Å². The van der Waals surface area contributed by atoms with Gasteiger partial charge in [0.15, 0.2) is 0 Å². The van der Waals surface area contributed by atoms with Crippen molar-refractivity contribution >= 4 is 5.91 Å². The molecule has 2 rings (SSSR count). The van der Waals surface area contributed by atoms with Crippen molar-refractivity contribution in [2.75, 3.05) is 0 Å². The number of carbonyl (C=O) groups excluding carboxylic acids is 1. The molecule has 1 aromatic rings. The van der Waals surface area contributed by atoms with Gasteiger partial charge in [0, 0.05) is 23.5 Å². The van der Waals surface area contributed by atoms with Crippen LogP contribution in [0.4, 0.5) is 0 Å². The SMILES string of the molecule is CC1(C)CC(NC(=O)CCc2ccc(O)cc2)CC(C)(C)N1O.